The van der Waals surface area contributed by atoms with Crippen LogP contribution in [0.15, 0.2) is 158 Å². The molecule has 0 spiro atoms. The predicted molar refractivity (Wildman–Crippen MR) is 168 cm³/mol. The summed E-state index contributed by atoms with van der Waals surface area (Å²) in [5.41, 5.74) is 10.9. The van der Waals surface area contributed by atoms with E-state index < -0.39 is 0 Å². The third kappa shape index (κ3) is 3.50. The molecule has 2 aromatic heterocycles. The molecule has 0 amide bonds. The molecule has 8 aromatic rings. The van der Waals surface area contributed by atoms with Crippen molar-refractivity contribution in [2.75, 3.05) is 0 Å². The van der Waals surface area contributed by atoms with Crippen LogP contribution in [0.2, 0.25) is 0 Å². The topological polar surface area (TPSA) is 9.86 Å². The highest BCUT2D eigenvalue weighted by Gasteiger charge is 2.17. The van der Waals surface area contributed by atoms with Crippen LogP contribution in [-0.2, 0) is 0 Å². The van der Waals surface area contributed by atoms with Crippen LogP contribution in [0.5, 0.6) is 0 Å². The van der Waals surface area contributed by atoms with Gasteiger partial charge in [0.25, 0.3) is 0 Å². The Balaban J connectivity index is 1.37. The molecule has 2 nitrogen and oxygen atoms in total. The van der Waals surface area contributed by atoms with Crippen molar-refractivity contribution in [3.63, 3.8) is 0 Å². The second-order valence-corrected chi connectivity index (χ2v) is 10.2. The zero-order chi connectivity index (χ0) is 26.5. The Morgan fingerprint density at radius 2 is 1.02 bits per heavy atom. The fourth-order valence-corrected chi connectivity index (χ4v) is 6.13. The van der Waals surface area contributed by atoms with Crippen LogP contribution < -0.4 is 0 Å². The van der Waals surface area contributed by atoms with E-state index in [-0.39, 0.29) is 0 Å². The van der Waals surface area contributed by atoms with Gasteiger partial charge >= 0.3 is 0 Å². The average Bonchev–Trinajstić information content (AvgIpc) is 3.61. The molecular formula is C38H26N2. The normalized spacial score (nSPS) is 11.5. The molecule has 6 aromatic carbocycles. The minimum Gasteiger partial charge on any atom is -0.316 e. The van der Waals surface area contributed by atoms with E-state index >= 15 is 0 Å². The molecule has 2 heterocycles. The molecule has 0 fully saturated rings. The van der Waals surface area contributed by atoms with Gasteiger partial charge in [-0.3, -0.25) is 0 Å². The summed E-state index contributed by atoms with van der Waals surface area (Å²) in [6.07, 6.45) is 2.21. The van der Waals surface area contributed by atoms with Crippen molar-refractivity contribution >= 4 is 32.7 Å². The molecule has 0 aliphatic rings. The monoisotopic (exact) mass is 510 g/mol. The molecule has 0 aliphatic heterocycles. The maximum absolute atomic E-state index is 2.43. The van der Waals surface area contributed by atoms with E-state index in [1.54, 1.807) is 0 Å². The van der Waals surface area contributed by atoms with E-state index in [1.165, 1.54) is 60.6 Å². The quantitative estimate of drug-likeness (QED) is 0.223. The molecule has 0 N–H and O–H groups in total. The molecule has 0 unspecified atom stereocenters. The van der Waals surface area contributed by atoms with Crippen molar-refractivity contribution in [3.05, 3.63) is 158 Å². The first-order valence-electron chi connectivity index (χ1n) is 13.7. The van der Waals surface area contributed by atoms with E-state index in [0.29, 0.717) is 0 Å². The smallest absolute Gasteiger partial charge is 0.0635 e. The second kappa shape index (κ2) is 9.14. The SMILES string of the molecule is c1ccc(-c2ccc(-n3c4ccccc4c4ccc5c(ccn5-c5ccccc5-c5ccccc5)c43)cc2)cc1. The largest absolute Gasteiger partial charge is 0.316 e. The zero-order valence-corrected chi connectivity index (χ0v) is 21.9. The lowest BCUT2D eigenvalue weighted by molar-refractivity contribution is 1.13. The van der Waals surface area contributed by atoms with Gasteiger partial charge in [-0.25, -0.2) is 0 Å². The third-order valence-electron chi connectivity index (χ3n) is 7.98. The van der Waals surface area contributed by atoms with Gasteiger partial charge < -0.3 is 9.13 Å². The van der Waals surface area contributed by atoms with Gasteiger partial charge in [0.05, 0.1) is 22.2 Å². The van der Waals surface area contributed by atoms with Gasteiger partial charge in [0.2, 0.25) is 0 Å². The van der Waals surface area contributed by atoms with Gasteiger partial charge in [0, 0.05) is 33.6 Å². The standard InChI is InChI=1S/C38H26N2/c1-3-11-27(12-4-1)28-19-21-30(22-20-28)40-37-18-10-8-16-32(37)33-23-24-36-34(38(33)40)25-26-39(36)35-17-9-7-15-31(35)29-13-5-2-6-14-29/h1-26H. The summed E-state index contributed by atoms with van der Waals surface area (Å²) in [4.78, 5) is 0. The first-order chi connectivity index (χ1) is 19.9. The highest BCUT2D eigenvalue weighted by Crippen LogP contribution is 2.39. The average molecular weight is 511 g/mol. The zero-order valence-electron chi connectivity index (χ0n) is 21.9. The fourth-order valence-electron chi connectivity index (χ4n) is 6.13. The summed E-state index contributed by atoms with van der Waals surface area (Å²) in [7, 11) is 0. The van der Waals surface area contributed by atoms with E-state index in [9.17, 15) is 0 Å². The summed E-state index contributed by atoms with van der Waals surface area (Å²) in [5, 5.41) is 3.78. The molecule has 8 rings (SSSR count). The van der Waals surface area contributed by atoms with Crippen molar-refractivity contribution in [2.45, 2.75) is 0 Å². The Labute approximate surface area is 233 Å². The molecule has 188 valence electrons. The van der Waals surface area contributed by atoms with Gasteiger partial charge in [-0.15, -0.1) is 0 Å². The first kappa shape index (κ1) is 22.6. The molecule has 0 radical (unpaired) electrons. The van der Waals surface area contributed by atoms with Gasteiger partial charge in [-0.2, -0.15) is 0 Å². The van der Waals surface area contributed by atoms with E-state index in [1.807, 2.05) is 0 Å². The van der Waals surface area contributed by atoms with Crippen LogP contribution in [-0.4, -0.2) is 9.13 Å². The summed E-state index contributed by atoms with van der Waals surface area (Å²) in [6, 6.07) is 54.4. The molecule has 40 heavy (non-hydrogen) atoms. The lowest BCUT2D eigenvalue weighted by Gasteiger charge is -2.13. The first-order valence-corrected chi connectivity index (χ1v) is 13.7. The van der Waals surface area contributed by atoms with Crippen molar-refractivity contribution in [2.24, 2.45) is 0 Å². The van der Waals surface area contributed by atoms with E-state index in [2.05, 4.69) is 167 Å². The summed E-state index contributed by atoms with van der Waals surface area (Å²) in [6.45, 7) is 0. The number of fused-ring (bicyclic) bond motifs is 5. The number of hydrogen-bond acceptors (Lipinski definition) is 0. The van der Waals surface area contributed by atoms with Gasteiger partial charge in [-0.05, 0) is 53.1 Å². The lowest BCUT2D eigenvalue weighted by Crippen LogP contribution is -1.96. The van der Waals surface area contributed by atoms with Crippen LogP contribution in [0.4, 0.5) is 0 Å². The highest BCUT2D eigenvalue weighted by atomic mass is 15.0. The highest BCUT2D eigenvalue weighted by molar-refractivity contribution is 6.18. The van der Waals surface area contributed by atoms with Crippen molar-refractivity contribution in [3.8, 4) is 33.6 Å². The van der Waals surface area contributed by atoms with Gasteiger partial charge in [-0.1, -0.05) is 115 Å². The summed E-state index contributed by atoms with van der Waals surface area (Å²) >= 11 is 0. The minimum atomic E-state index is 1.16. The lowest BCUT2D eigenvalue weighted by atomic mass is 10.0. The second-order valence-electron chi connectivity index (χ2n) is 10.2. The molecule has 0 bridgehead atoms. The Hall–Kier alpha value is -5.34. The molecule has 2 heteroatoms. The third-order valence-corrected chi connectivity index (χ3v) is 7.98. The van der Waals surface area contributed by atoms with Crippen LogP contribution in [0.1, 0.15) is 0 Å². The predicted octanol–water partition coefficient (Wildman–Crippen LogP) is 10.1. The van der Waals surface area contributed by atoms with Crippen molar-refractivity contribution in [1.29, 1.82) is 0 Å². The van der Waals surface area contributed by atoms with Gasteiger partial charge in [0.1, 0.15) is 0 Å². The maximum Gasteiger partial charge on any atom is 0.0635 e. The Bertz CT molecular complexity index is 2130. The number of aromatic nitrogens is 2. The molecular weight excluding hydrogens is 484 g/mol. The number of nitrogens with zero attached hydrogens (tertiary/aromatic N) is 2. The summed E-state index contributed by atoms with van der Waals surface area (Å²) < 4.78 is 4.76. The number of rotatable bonds is 4. The van der Waals surface area contributed by atoms with E-state index in [4.69, 9.17) is 0 Å². The Morgan fingerprint density at radius 1 is 0.375 bits per heavy atom. The maximum atomic E-state index is 2.43. The van der Waals surface area contributed by atoms with Crippen molar-refractivity contribution in [1.82, 2.24) is 9.13 Å². The van der Waals surface area contributed by atoms with Crippen molar-refractivity contribution < 1.29 is 0 Å². The summed E-state index contributed by atoms with van der Waals surface area (Å²) in [5.74, 6) is 0. The van der Waals surface area contributed by atoms with E-state index in [0.717, 1.165) is 5.69 Å². The Kier molecular flexibility index (Phi) is 5.17. The van der Waals surface area contributed by atoms with Gasteiger partial charge in [0.15, 0.2) is 0 Å². The number of benzene rings is 6. The number of para-hydroxylation sites is 2. The van der Waals surface area contributed by atoms with Crippen LogP contribution in [0.25, 0.3) is 66.3 Å². The number of hydrogen-bond donors (Lipinski definition) is 0. The molecule has 0 saturated carbocycles. The molecule has 0 aliphatic carbocycles. The fraction of sp³-hybridized carbons (Fsp3) is 0. The molecule has 0 atom stereocenters. The van der Waals surface area contributed by atoms with Crippen LogP contribution in [0, 0.1) is 0 Å². The Morgan fingerprint density at radius 3 is 1.82 bits per heavy atom. The molecule has 0 saturated heterocycles. The van der Waals surface area contributed by atoms with Crippen LogP contribution in [0.3, 0.4) is 0 Å². The minimum absolute atomic E-state index is 1.16. The van der Waals surface area contributed by atoms with Crippen LogP contribution >= 0.6 is 0 Å².